The fraction of sp³-hybridized carbons (Fsp3) is 0. The van der Waals surface area contributed by atoms with E-state index < -0.39 is 11.5 Å². The van der Waals surface area contributed by atoms with E-state index >= 15 is 0 Å². The van der Waals surface area contributed by atoms with Crippen LogP contribution in [0.2, 0.25) is 0 Å². The molecule has 5 rings (SSSR count). The van der Waals surface area contributed by atoms with Gasteiger partial charge in [0.15, 0.2) is 0 Å². The van der Waals surface area contributed by atoms with Crippen molar-refractivity contribution in [2.24, 2.45) is 5.10 Å². The summed E-state index contributed by atoms with van der Waals surface area (Å²) < 4.78 is 0. The van der Waals surface area contributed by atoms with Crippen molar-refractivity contribution in [3.63, 3.8) is 0 Å². The highest BCUT2D eigenvalue weighted by atomic mass is 16.3. The predicted octanol–water partition coefficient (Wildman–Crippen LogP) is 4.73. The summed E-state index contributed by atoms with van der Waals surface area (Å²) in [5.41, 5.74) is 4.41. The maximum absolute atomic E-state index is 13.2. The van der Waals surface area contributed by atoms with Gasteiger partial charge in [0.1, 0.15) is 11.3 Å². The monoisotopic (exact) mass is 460 g/mol. The summed E-state index contributed by atoms with van der Waals surface area (Å²) in [5, 5.41) is 22.8. The van der Waals surface area contributed by atoms with E-state index in [1.54, 1.807) is 12.1 Å². The van der Waals surface area contributed by atoms with E-state index in [0.29, 0.717) is 27.8 Å². The maximum atomic E-state index is 13.2. The number of amides is 1. The molecule has 3 N–H and O–H groups in total. The number of aromatic hydroxyl groups is 1. The summed E-state index contributed by atoms with van der Waals surface area (Å²) in [4.78, 5) is 26.0. The minimum atomic E-state index is -0.693. The topological polar surface area (TPSA) is 107 Å². The van der Waals surface area contributed by atoms with Gasteiger partial charge in [-0.3, -0.25) is 9.59 Å². The first-order valence-corrected chi connectivity index (χ1v) is 10.9. The molecule has 5 aromatic rings. The lowest BCUT2D eigenvalue weighted by atomic mass is 9.95. The van der Waals surface area contributed by atoms with Crippen LogP contribution in [0, 0.1) is 0 Å². The van der Waals surface area contributed by atoms with Gasteiger partial charge in [-0.2, -0.15) is 10.2 Å². The zero-order valence-electron chi connectivity index (χ0n) is 18.5. The summed E-state index contributed by atoms with van der Waals surface area (Å²) in [7, 11) is 0. The first kappa shape index (κ1) is 21.8. The standard InChI is InChI=1S/C28H20N4O3/c33-26-21(16-15-18-9-7-8-14-22(18)26)17-29-31-27(34)24-23(19-10-3-1-4-11-19)25(30-32-28(24)35)20-12-5-2-6-13-20/h1-17,33H,(H,31,34)(H,32,35)/b29-17+. The maximum Gasteiger partial charge on any atom is 0.277 e. The normalized spacial score (nSPS) is 11.1. The highest BCUT2D eigenvalue weighted by Gasteiger charge is 2.22. The molecule has 7 heteroatoms. The van der Waals surface area contributed by atoms with Gasteiger partial charge in [-0.1, -0.05) is 91.0 Å². The lowest BCUT2D eigenvalue weighted by molar-refractivity contribution is 0.0954. The first-order chi connectivity index (χ1) is 17.1. The number of rotatable bonds is 5. The molecule has 1 amide bonds. The second kappa shape index (κ2) is 9.44. The Morgan fingerprint density at radius 2 is 1.51 bits per heavy atom. The van der Waals surface area contributed by atoms with Crippen molar-refractivity contribution < 1.29 is 9.90 Å². The third-order valence-electron chi connectivity index (χ3n) is 5.62. The Bertz CT molecular complexity index is 1610. The van der Waals surface area contributed by atoms with Gasteiger partial charge in [0, 0.05) is 22.1 Å². The van der Waals surface area contributed by atoms with Gasteiger partial charge >= 0.3 is 0 Å². The second-order valence-corrected chi connectivity index (χ2v) is 7.81. The predicted molar refractivity (Wildman–Crippen MR) is 136 cm³/mol. The molecule has 0 saturated carbocycles. The molecule has 4 aromatic carbocycles. The van der Waals surface area contributed by atoms with Crippen LogP contribution in [0.5, 0.6) is 5.75 Å². The zero-order valence-corrected chi connectivity index (χ0v) is 18.5. The lowest BCUT2D eigenvalue weighted by Gasteiger charge is -2.13. The molecule has 0 bridgehead atoms. The molecule has 0 aliphatic carbocycles. The Morgan fingerprint density at radius 1 is 0.857 bits per heavy atom. The molecule has 0 aliphatic rings. The van der Waals surface area contributed by atoms with E-state index in [9.17, 15) is 14.7 Å². The van der Waals surface area contributed by atoms with Crippen LogP contribution >= 0.6 is 0 Å². The van der Waals surface area contributed by atoms with Gasteiger partial charge in [-0.05, 0) is 17.0 Å². The molecule has 0 unspecified atom stereocenters. The number of hydrogen-bond acceptors (Lipinski definition) is 5. The third-order valence-corrected chi connectivity index (χ3v) is 5.62. The highest BCUT2D eigenvalue weighted by molar-refractivity contribution is 6.04. The van der Waals surface area contributed by atoms with Crippen molar-refractivity contribution in [3.05, 3.63) is 119 Å². The van der Waals surface area contributed by atoms with Crippen molar-refractivity contribution >= 4 is 22.9 Å². The molecule has 0 aliphatic heterocycles. The SMILES string of the molecule is O=C(N/N=C/c1ccc2ccccc2c1O)c1c(-c2ccccc2)c(-c2ccccc2)n[nH]c1=O. The molecule has 0 radical (unpaired) electrons. The van der Waals surface area contributed by atoms with Crippen molar-refractivity contribution in [1.29, 1.82) is 0 Å². The van der Waals surface area contributed by atoms with Crippen molar-refractivity contribution in [3.8, 4) is 28.1 Å². The number of phenols is 1. The van der Waals surface area contributed by atoms with Gasteiger partial charge in [-0.15, -0.1) is 0 Å². The van der Waals surface area contributed by atoms with Crippen LogP contribution in [0.4, 0.5) is 0 Å². The number of nitrogens with zero attached hydrogens (tertiary/aromatic N) is 2. The number of aromatic nitrogens is 2. The summed E-state index contributed by atoms with van der Waals surface area (Å²) in [5.74, 6) is -0.639. The fourth-order valence-corrected chi connectivity index (χ4v) is 3.95. The summed E-state index contributed by atoms with van der Waals surface area (Å²) in [6.45, 7) is 0. The van der Waals surface area contributed by atoms with Crippen LogP contribution in [0.15, 0.2) is 107 Å². The number of carbonyl (C=O) groups excluding carboxylic acids is 1. The van der Waals surface area contributed by atoms with Gasteiger partial charge in [-0.25, -0.2) is 10.5 Å². The molecule has 0 saturated heterocycles. The van der Waals surface area contributed by atoms with Crippen LogP contribution in [0.1, 0.15) is 15.9 Å². The second-order valence-electron chi connectivity index (χ2n) is 7.81. The molecule has 1 heterocycles. The summed E-state index contributed by atoms with van der Waals surface area (Å²) in [6.07, 6.45) is 1.34. The van der Waals surface area contributed by atoms with Crippen molar-refractivity contribution in [2.45, 2.75) is 0 Å². The molecule has 1 aromatic heterocycles. The van der Waals surface area contributed by atoms with Gasteiger partial charge in [0.2, 0.25) is 0 Å². The van der Waals surface area contributed by atoms with Crippen LogP contribution in [-0.2, 0) is 0 Å². The van der Waals surface area contributed by atoms with E-state index in [0.717, 1.165) is 10.9 Å². The molecular formula is C28H20N4O3. The Kier molecular flexibility index (Phi) is 5.88. The number of hydrogen-bond donors (Lipinski definition) is 3. The molecule has 0 fully saturated rings. The molecule has 0 spiro atoms. The summed E-state index contributed by atoms with van der Waals surface area (Å²) in [6, 6.07) is 29.4. The van der Waals surface area contributed by atoms with E-state index in [4.69, 9.17) is 0 Å². The highest BCUT2D eigenvalue weighted by Crippen LogP contribution is 2.31. The Morgan fingerprint density at radius 3 is 2.26 bits per heavy atom. The number of H-pyrrole nitrogens is 1. The molecule has 170 valence electrons. The van der Waals surface area contributed by atoms with Crippen LogP contribution in [-0.4, -0.2) is 27.4 Å². The van der Waals surface area contributed by atoms with E-state index in [1.807, 2.05) is 84.9 Å². The Balaban J connectivity index is 1.54. The molecular weight excluding hydrogens is 440 g/mol. The first-order valence-electron chi connectivity index (χ1n) is 10.9. The number of phenolic OH excluding ortho intramolecular Hbond substituents is 1. The zero-order chi connectivity index (χ0) is 24.2. The Labute approximate surface area is 200 Å². The van der Waals surface area contributed by atoms with Crippen molar-refractivity contribution in [1.82, 2.24) is 15.6 Å². The number of nitrogens with one attached hydrogen (secondary N) is 2. The van der Waals surface area contributed by atoms with E-state index in [2.05, 4.69) is 20.7 Å². The number of carbonyl (C=O) groups is 1. The van der Waals surface area contributed by atoms with Gasteiger partial charge < -0.3 is 5.11 Å². The number of aromatic amines is 1. The quantitative estimate of drug-likeness (QED) is 0.260. The van der Waals surface area contributed by atoms with Gasteiger partial charge in [0.05, 0.1) is 11.9 Å². The van der Waals surface area contributed by atoms with E-state index in [-0.39, 0.29) is 11.3 Å². The van der Waals surface area contributed by atoms with Crippen molar-refractivity contribution in [2.75, 3.05) is 0 Å². The number of fused-ring (bicyclic) bond motifs is 1. The molecule has 35 heavy (non-hydrogen) atoms. The average molecular weight is 460 g/mol. The summed E-state index contributed by atoms with van der Waals surface area (Å²) >= 11 is 0. The Hall–Kier alpha value is -5.04. The molecule has 7 nitrogen and oxygen atoms in total. The van der Waals surface area contributed by atoms with E-state index in [1.165, 1.54) is 6.21 Å². The molecule has 0 atom stereocenters. The van der Waals surface area contributed by atoms with Crippen LogP contribution in [0.3, 0.4) is 0 Å². The van der Waals surface area contributed by atoms with Crippen LogP contribution < -0.4 is 11.0 Å². The van der Waals surface area contributed by atoms with Gasteiger partial charge in [0.25, 0.3) is 11.5 Å². The third kappa shape index (κ3) is 4.30. The average Bonchev–Trinajstić information content (AvgIpc) is 2.91. The fourth-order valence-electron chi connectivity index (χ4n) is 3.95. The number of hydrazone groups is 1. The smallest absolute Gasteiger partial charge is 0.277 e. The lowest BCUT2D eigenvalue weighted by Crippen LogP contribution is -2.28. The van der Waals surface area contributed by atoms with Crippen LogP contribution in [0.25, 0.3) is 33.2 Å². The number of benzene rings is 4. The minimum Gasteiger partial charge on any atom is -0.507 e. The largest absolute Gasteiger partial charge is 0.507 e. The minimum absolute atomic E-state index is 0.0548.